The molecule has 2 bridgehead atoms. The van der Waals surface area contributed by atoms with Gasteiger partial charge in [0, 0.05) is 6.54 Å². The van der Waals surface area contributed by atoms with E-state index in [1.165, 1.54) is 38.0 Å². The van der Waals surface area contributed by atoms with Crippen LogP contribution < -0.4 is 9.47 Å². The van der Waals surface area contributed by atoms with Crippen LogP contribution >= 0.6 is 0 Å². The highest BCUT2D eigenvalue weighted by molar-refractivity contribution is 6.27. The normalized spacial score (nSPS) is 27.0. The van der Waals surface area contributed by atoms with E-state index in [0.29, 0.717) is 12.7 Å². The highest BCUT2D eigenvalue weighted by Gasteiger charge is 2.35. The number of fused-ring (bicyclic) bond motifs is 4. The molecule has 7 heteroatoms. The molecule has 2 N–H and O–H groups in total. The van der Waals surface area contributed by atoms with Crippen molar-refractivity contribution in [3.05, 3.63) is 23.8 Å². The maximum absolute atomic E-state index is 9.10. The second-order valence-electron chi connectivity index (χ2n) is 5.97. The van der Waals surface area contributed by atoms with Gasteiger partial charge in [-0.2, -0.15) is 0 Å². The SMILES string of the molecule is O=C(O)C(=O)O.c1cc2c(cc1C1CN3CCC1CC3)OCO2. The van der Waals surface area contributed by atoms with Crippen molar-refractivity contribution in [2.24, 2.45) is 5.92 Å². The average Bonchev–Trinajstić information content (AvgIpc) is 3.04. The van der Waals surface area contributed by atoms with E-state index < -0.39 is 11.9 Å². The average molecular weight is 321 g/mol. The molecule has 124 valence electrons. The lowest BCUT2D eigenvalue weighted by Crippen LogP contribution is -2.46. The van der Waals surface area contributed by atoms with E-state index in [4.69, 9.17) is 29.3 Å². The smallest absolute Gasteiger partial charge is 0.414 e. The molecule has 3 saturated heterocycles. The minimum atomic E-state index is -1.82. The van der Waals surface area contributed by atoms with Gasteiger partial charge in [-0.3, -0.25) is 0 Å². The van der Waals surface area contributed by atoms with Crippen molar-refractivity contribution >= 4 is 11.9 Å². The second kappa shape index (κ2) is 6.45. The number of rotatable bonds is 1. The molecule has 0 aromatic heterocycles. The van der Waals surface area contributed by atoms with Crippen LogP contribution in [0, 0.1) is 5.92 Å². The van der Waals surface area contributed by atoms with E-state index in [-0.39, 0.29) is 0 Å². The molecule has 4 aliphatic heterocycles. The lowest BCUT2D eigenvalue weighted by atomic mass is 9.75. The summed E-state index contributed by atoms with van der Waals surface area (Å²) >= 11 is 0. The first-order valence-corrected chi connectivity index (χ1v) is 7.62. The third-order valence-electron chi connectivity index (χ3n) is 4.66. The Morgan fingerprint density at radius 3 is 2.26 bits per heavy atom. The molecular weight excluding hydrogens is 302 g/mol. The van der Waals surface area contributed by atoms with Crippen LogP contribution in [0.25, 0.3) is 0 Å². The Morgan fingerprint density at radius 1 is 1.04 bits per heavy atom. The van der Waals surface area contributed by atoms with Gasteiger partial charge in [-0.05, 0) is 55.5 Å². The fourth-order valence-electron chi connectivity index (χ4n) is 3.49. The molecular formula is C16H19NO6. The van der Waals surface area contributed by atoms with Gasteiger partial charge in [-0.15, -0.1) is 0 Å². The Balaban J connectivity index is 0.000000227. The molecule has 23 heavy (non-hydrogen) atoms. The summed E-state index contributed by atoms with van der Waals surface area (Å²) < 4.78 is 10.8. The van der Waals surface area contributed by atoms with Gasteiger partial charge in [0.15, 0.2) is 11.5 Å². The van der Waals surface area contributed by atoms with Crippen LogP contribution in [-0.2, 0) is 9.59 Å². The van der Waals surface area contributed by atoms with Gasteiger partial charge < -0.3 is 24.6 Å². The third-order valence-corrected chi connectivity index (χ3v) is 4.66. The van der Waals surface area contributed by atoms with E-state index in [2.05, 4.69) is 23.1 Å². The Kier molecular flexibility index (Phi) is 4.38. The van der Waals surface area contributed by atoms with Gasteiger partial charge >= 0.3 is 11.9 Å². The topological polar surface area (TPSA) is 96.3 Å². The van der Waals surface area contributed by atoms with E-state index >= 15 is 0 Å². The molecule has 4 heterocycles. The van der Waals surface area contributed by atoms with Gasteiger partial charge in [0.25, 0.3) is 0 Å². The number of piperidine rings is 3. The Labute approximate surface area is 133 Å². The van der Waals surface area contributed by atoms with Crippen molar-refractivity contribution in [1.82, 2.24) is 4.90 Å². The summed E-state index contributed by atoms with van der Waals surface area (Å²) in [5, 5.41) is 14.8. The summed E-state index contributed by atoms with van der Waals surface area (Å²) in [7, 11) is 0. The first-order valence-electron chi connectivity index (χ1n) is 7.62. The van der Waals surface area contributed by atoms with Crippen LogP contribution in [0.5, 0.6) is 11.5 Å². The van der Waals surface area contributed by atoms with Gasteiger partial charge in [0.2, 0.25) is 6.79 Å². The van der Waals surface area contributed by atoms with Crippen molar-refractivity contribution in [1.29, 1.82) is 0 Å². The fourth-order valence-corrected chi connectivity index (χ4v) is 3.49. The minimum Gasteiger partial charge on any atom is -0.473 e. The quantitative estimate of drug-likeness (QED) is 0.754. The molecule has 0 radical (unpaired) electrons. The number of ether oxygens (including phenoxy) is 2. The molecule has 0 amide bonds. The molecule has 1 aromatic carbocycles. The number of carbonyl (C=O) groups is 2. The zero-order valence-corrected chi connectivity index (χ0v) is 12.6. The minimum absolute atomic E-state index is 0.374. The summed E-state index contributed by atoms with van der Waals surface area (Å²) in [5.74, 6) is -0.244. The molecule has 0 saturated carbocycles. The number of hydrogen-bond acceptors (Lipinski definition) is 5. The fraction of sp³-hybridized carbons (Fsp3) is 0.500. The van der Waals surface area contributed by atoms with Crippen LogP contribution in [0.4, 0.5) is 0 Å². The molecule has 4 aliphatic rings. The molecule has 7 nitrogen and oxygen atoms in total. The van der Waals surface area contributed by atoms with E-state index in [9.17, 15) is 0 Å². The van der Waals surface area contributed by atoms with E-state index in [1.54, 1.807) is 0 Å². The zero-order chi connectivity index (χ0) is 16.4. The van der Waals surface area contributed by atoms with Crippen LogP contribution in [0.1, 0.15) is 24.3 Å². The molecule has 0 spiro atoms. The van der Waals surface area contributed by atoms with E-state index in [0.717, 1.165) is 17.4 Å². The summed E-state index contributed by atoms with van der Waals surface area (Å²) in [6.07, 6.45) is 2.72. The second-order valence-corrected chi connectivity index (χ2v) is 5.97. The van der Waals surface area contributed by atoms with Crippen molar-refractivity contribution in [3.8, 4) is 11.5 Å². The van der Waals surface area contributed by atoms with Crippen LogP contribution in [0.15, 0.2) is 18.2 Å². The Morgan fingerprint density at radius 2 is 1.70 bits per heavy atom. The highest BCUT2D eigenvalue weighted by atomic mass is 16.7. The largest absolute Gasteiger partial charge is 0.473 e. The van der Waals surface area contributed by atoms with Crippen molar-refractivity contribution < 1.29 is 29.3 Å². The third kappa shape index (κ3) is 3.39. The lowest BCUT2D eigenvalue weighted by molar-refractivity contribution is -0.159. The summed E-state index contributed by atoms with van der Waals surface area (Å²) in [4.78, 5) is 20.8. The number of aliphatic carboxylic acids is 2. The Hall–Kier alpha value is -2.28. The van der Waals surface area contributed by atoms with Crippen molar-refractivity contribution in [2.75, 3.05) is 26.4 Å². The number of hydrogen-bond donors (Lipinski definition) is 2. The maximum atomic E-state index is 9.10. The van der Waals surface area contributed by atoms with Gasteiger partial charge in [0.05, 0.1) is 0 Å². The van der Waals surface area contributed by atoms with E-state index in [1.807, 2.05) is 0 Å². The van der Waals surface area contributed by atoms with Crippen LogP contribution in [0.3, 0.4) is 0 Å². The first-order chi connectivity index (χ1) is 11.0. The zero-order valence-electron chi connectivity index (χ0n) is 12.6. The highest BCUT2D eigenvalue weighted by Crippen LogP contribution is 2.42. The molecule has 3 fully saturated rings. The molecule has 1 unspecified atom stereocenters. The standard InChI is InChI=1S/C14H17NO2.C2H2O4/c1-2-13-14(17-9-16-13)7-11(1)12-8-15-5-3-10(12)4-6-15;3-1(4)2(5)6/h1-2,7,10,12H,3-6,8-9H2;(H,3,4)(H,5,6). The van der Waals surface area contributed by atoms with Crippen LogP contribution in [0.2, 0.25) is 0 Å². The molecule has 5 rings (SSSR count). The number of benzene rings is 1. The van der Waals surface area contributed by atoms with Gasteiger partial charge in [-0.25, -0.2) is 9.59 Å². The number of nitrogens with zero attached hydrogens (tertiary/aromatic N) is 1. The monoisotopic (exact) mass is 321 g/mol. The summed E-state index contributed by atoms with van der Waals surface area (Å²) in [6, 6.07) is 6.48. The first kappa shape index (κ1) is 15.6. The van der Waals surface area contributed by atoms with Crippen molar-refractivity contribution in [2.45, 2.75) is 18.8 Å². The van der Waals surface area contributed by atoms with Gasteiger partial charge in [0.1, 0.15) is 0 Å². The van der Waals surface area contributed by atoms with Gasteiger partial charge in [-0.1, -0.05) is 6.07 Å². The maximum Gasteiger partial charge on any atom is 0.414 e. The summed E-state index contributed by atoms with van der Waals surface area (Å²) in [6.45, 7) is 4.20. The number of carboxylic acids is 2. The van der Waals surface area contributed by atoms with Crippen molar-refractivity contribution in [3.63, 3.8) is 0 Å². The molecule has 0 aliphatic carbocycles. The predicted molar refractivity (Wildman–Crippen MR) is 79.7 cm³/mol. The lowest BCUT2D eigenvalue weighted by Gasteiger charge is -2.45. The molecule has 1 aromatic rings. The predicted octanol–water partition coefficient (Wildman–Crippen LogP) is 1.38. The summed E-state index contributed by atoms with van der Waals surface area (Å²) in [5.41, 5.74) is 1.43. The number of carboxylic acid groups (broad SMARTS) is 2. The molecule has 1 atom stereocenters. The Bertz CT molecular complexity index is 597. The van der Waals surface area contributed by atoms with Crippen LogP contribution in [-0.4, -0.2) is 53.5 Å².